The van der Waals surface area contributed by atoms with Gasteiger partial charge in [-0.2, -0.15) is 0 Å². The zero-order valence-electron chi connectivity index (χ0n) is 16.7. The topological polar surface area (TPSA) is 37.3 Å². The van der Waals surface area contributed by atoms with Crippen LogP contribution in [0.3, 0.4) is 0 Å². The molecule has 3 rings (SSSR count). The fourth-order valence-corrected chi connectivity index (χ4v) is 5.31. The maximum Gasteiger partial charge on any atom is 0.162 e. The Balaban J connectivity index is 2.15. The molecule has 0 saturated carbocycles. The number of ketones is 1. The zero-order valence-corrected chi connectivity index (χ0v) is 16.7. The average molecular weight is 355 g/mol. The van der Waals surface area contributed by atoms with Gasteiger partial charge in [-0.25, -0.2) is 0 Å². The lowest BCUT2D eigenvalue weighted by Crippen LogP contribution is -2.35. The molecule has 0 heterocycles. The molecule has 0 aromatic heterocycles. The smallest absolute Gasteiger partial charge is 0.162 e. The Morgan fingerprint density at radius 3 is 2.58 bits per heavy atom. The molecule has 26 heavy (non-hydrogen) atoms. The Labute approximate surface area is 158 Å². The van der Waals surface area contributed by atoms with E-state index in [4.69, 9.17) is 0 Å². The van der Waals surface area contributed by atoms with Gasteiger partial charge >= 0.3 is 0 Å². The van der Waals surface area contributed by atoms with Crippen LogP contribution in [0.2, 0.25) is 0 Å². The molecule has 2 unspecified atom stereocenters. The number of aromatic hydroxyl groups is 1. The normalized spacial score (nSPS) is 24.7. The third-order valence-electron chi connectivity index (χ3n) is 6.45. The van der Waals surface area contributed by atoms with Crippen molar-refractivity contribution in [3.8, 4) is 5.75 Å². The van der Waals surface area contributed by atoms with Crippen LogP contribution in [-0.2, 0) is 11.2 Å². The molecule has 2 heteroatoms. The van der Waals surface area contributed by atoms with Crippen molar-refractivity contribution in [2.45, 2.75) is 85.0 Å². The van der Waals surface area contributed by atoms with Gasteiger partial charge in [-0.15, -0.1) is 0 Å². The number of hydrogen-bond donors (Lipinski definition) is 1. The van der Waals surface area contributed by atoms with Crippen LogP contribution in [0, 0.1) is 11.3 Å². The molecular formula is C24H34O2. The van der Waals surface area contributed by atoms with E-state index in [1.165, 1.54) is 29.5 Å². The number of Topliss-reactive ketones (excluding diaryl/α,β-unsaturated/α-hetero) is 1. The molecule has 1 aromatic rings. The summed E-state index contributed by atoms with van der Waals surface area (Å²) in [4.78, 5) is 13.3. The predicted octanol–water partition coefficient (Wildman–Crippen LogP) is 6.46. The molecule has 0 spiro atoms. The van der Waals surface area contributed by atoms with Gasteiger partial charge in [-0.1, -0.05) is 52.5 Å². The second kappa shape index (κ2) is 7.98. The molecule has 2 aliphatic rings. The molecule has 0 saturated heterocycles. The van der Waals surface area contributed by atoms with E-state index < -0.39 is 0 Å². The Morgan fingerprint density at radius 2 is 1.88 bits per heavy atom. The van der Waals surface area contributed by atoms with Crippen LogP contribution < -0.4 is 0 Å². The highest BCUT2D eigenvalue weighted by Crippen LogP contribution is 2.59. The van der Waals surface area contributed by atoms with Gasteiger partial charge in [-0.3, -0.25) is 4.79 Å². The van der Waals surface area contributed by atoms with E-state index in [9.17, 15) is 9.90 Å². The first-order valence-electron chi connectivity index (χ1n) is 10.7. The van der Waals surface area contributed by atoms with E-state index in [0.29, 0.717) is 11.5 Å². The van der Waals surface area contributed by atoms with Gasteiger partial charge in [0, 0.05) is 11.3 Å². The highest BCUT2D eigenvalue weighted by atomic mass is 16.3. The van der Waals surface area contributed by atoms with Crippen LogP contribution >= 0.6 is 0 Å². The Kier molecular flexibility index (Phi) is 5.89. The summed E-state index contributed by atoms with van der Waals surface area (Å²) >= 11 is 0. The van der Waals surface area contributed by atoms with E-state index in [1.807, 2.05) is 6.07 Å². The quantitative estimate of drug-likeness (QED) is 0.582. The van der Waals surface area contributed by atoms with E-state index >= 15 is 0 Å². The van der Waals surface area contributed by atoms with Crippen LogP contribution in [0.5, 0.6) is 5.75 Å². The minimum absolute atomic E-state index is 0.114. The summed E-state index contributed by atoms with van der Waals surface area (Å²) in [5.74, 6) is 0.957. The second-order valence-electron chi connectivity index (χ2n) is 8.41. The Hall–Kier alpha value is -1.57. The first-order valence-corrected chi connectivity index (χ1v) is 10.7. The molecule has 0 radical (unpaired) electrons. The van der Waals surface area contributed by atoms with Gasteiger partial charge in [0.05, 0.1) is 0 Å². The van der Waals surface area contributed by atoms with Crippen LogP contribution in [0.1, 0.15) is 89.7 Å². The van der Waals surface area contributed by atoms with Crippen molar-refractivity contribution in [3.63, 3.8) is 0 Å². The van der Waals surface area contributed by atoms with Crippen molar-refractivity contribution >= 4 is 11.4 Å². The van der Waals surface area contributed by atoms with Crippen molar-refractivity contribution in [1.29, 1.82) is 0 Å². The maximum absolute atomic E-state index is 13.3. The zero-order chi connectivity index (χ0) is 18.7. The number of benzene rings is 1. The number of phenolic OH excluding ortho intramolecular Hbond substituents is 1. The molecule has 142 valence electrons. The summed E-state index contributed by atoms with van der Waals surface area (Å²) in [6.45, 7) is 6.65. The predicted molar refractivity (Wildman–Crippen MR) is 108 cm³/mol. The number of carbonyl (C=O) groups is 1. The highest BCUT2D eigenvalue weighted by molar-refractivity contribution is 6.07. The molecule has 2 atom stereocenters. The summed E-state index contributed by atoms with van der Waals surface area (Å²) < 4.78 is 0. The average Bonchev–Trinajstić information content (AvgIpc) is 2.93. The maximum atomic E-state index is 13.3. The van der Waals surface area contributed by atoms with Crippen molar-refractivity contribution in [3.05, 3.63) is 34.9 Å². The van der Waals surface area contributed by atoms with Crippen molar-refractivity contribution in [1.82, 2.24) is 0 Å². The standard InChI is InChI=1S/C24H34O2/c1-4-7-10-21-22-20-12-11-19(25)14-18(20)16-24(22,13-8-5-2)15-17(9-6-3)23(21)26/h11-12,14,17,25H,4-10,13,15-16H2,1-3H3. The monoisotopic (exact) mass is 354 g/mol. The van der Waals surface area contributed by atoms with Gasteiger partial charge in [0.2, 0.25) is 0 Å². The molecule has 0 amide bonds. The molecule has 0 aliphatic heterocycles. The first kappa shape index (κ1) is 19.2. The number of phenols is 1. The lowest BCUT2D eigenvalue weighted by Gasteiger charge is -2.40. The van der Waals surface area contributed by atoms with Crippen molar-refractivity contribution in [2.75, 3.05) is 0 Å². The third-order valence-corrected chi connectivity index (χ3v) is 6.45. The number of carbonyl (C=O) groups excluding carboxylic acids is 1. The summed E-state index contributed by atoms with van der Waals surface area (Å²) in [7, 11) is 0. The molecule has 2 aliphatic carbocycles. The molecule has 1 aromatic carbocycles. The minimum atomic E-state index is 0.114. The first-order chi connectivity index (χ1) is 12.6. The second-order valence-corrected chi connectivity index (χ2v) is 8.41. The SMILES string of the molecule is CCCCC1=C2c3ccc(O)cc3CC2(CCCC)CC(CCC)C1=O. The number of fused-ring (bicyclic) bond motifs is 3. The lowest BCUT2D eigenvalue weighted by molar-refractivity contribution is -0.121. The molecular weight excluding hydrogens is 320 g/mol. The van der Waals surface area contributed by atoms with Crippen molar-refractivity contribution < 1.29 is 9.90 Å². The van der Waals surface area contributed by atoms with Crippen LogP contribution in [0.4, 0.5) is 0 Å². The number of unbranched alkanes of at least 4 members (excludes halogenated alkanes) is 2. The fourth-order valence-electron chi connectivity index (χ4n) is 5.31. The van der Waals surface area contributed by atoms with Gasteiger partial charge in [0.15, 0.2) is 5.78 Å². The summed E-state index contributed by atoms with van der Waals surface area (Å²) in [6, 6.07) is 5.79. The molecule has 1 N–H and O–H groups in total. The molecule has 2 nitrogen and oxygen atoms in total. The lowest BCUT2D eigenvalue weighted by atomic mass is 9.62. The van der Waals surface area contributed by atoms with E-state index in [2.05, 4.69) is 26.8 Å². The fraction of sp³-hybridized carbons (Fsp3) is 0.625. The molecule has 0 fully saturated rings. The third kappa shape index (κ3) is 3.35. The minimum Gasteiger partial charge on any atom is -0.508 e. The van der Waals surface area contributed by atoms with Crippen LogP contribution in [0.25, 0.3) is 5.57 Å². The van der Waals surface area contributed by atoms with Crippen LogP contribution in [0.15, 0.2) is 23.8 Å². The van der Waals surface area contributed by atoms with Crippen LogP contribution in [-0.4, -0.2) is 10.9 Å². The summed E-state index contributed by atoms with van der Waals surface area (Å²) in [5.41, 5.74) is 5.08. The van der Waals surface area contributed by atoms with Gasteiger partial charge in [0.25, 0.3) is 0 Å². The summed E-state index contributed by atoms with van der Waals surface area (Å²) in [6.07, 6.45) is 10.8. The Bertz CT molecular complexity index is 700. The van der Waals surface area contributed by atoms with E-state index in [1.54, 1.807) is 6.07 Å². The number of hydrogen-bond acceptors (Lipinski definition) is 2. The van der Waals surface area contributed by atoms with E-state index in [-0.39, 0.29) is 11.3 Å². The van der Waals surface area contributed by atoms with Gasteiger partial charge in [0.1, 0.15) is 5.75 Å². The summed E-state index contributed by atoms with van der Waals surface area (Å²) in [5, 5.41) is 10.0. The van der Waals surface area contributed by atoms with E-state index in [0.717, 1.165) is 56.9 Å². The highest BCUT2D eigenvalue weighted by Gasteiger charge is 2.49. The Morgan fingerprint density at radius 1 is 1.12 bits per heavy atom. The largest absolute Gasteiger partial charge is 0.508 e. The number of rotatable bonds is 8. The molecule has 0 bridgehead atoms. The number of allylic oxidation sites excluding steroid dienone is 2. The van der Waals surface area contributed by atoms with Crippen molar-refractivity contribution in [2.24, 2.45) is 11.3 Å². The van der Waals surface area contributed by atoms with Gasteiger partial charge in [-0.05, 0) is 72.9 Å². The van der Waals surface area contributed by atoms with Gasteiger partial charge < -0.3 is 5.11 Å².